The maximum absolute atomic E-state index is 12.2. The summed E-state index contributed by atoms with van der Waals surface area (Å²) < 4.78 is 6.61. The fourth-order valence-corrected chi connectivity index (χ4v) is 5.01. The Kier molecular flexibility index (Phi) is 7.24. The molecule has 0 radical (unpaired) electrons. The van der Waals surface area contributed by atoms with Crippen molar-refractivity contribution >= 4 is 62.3 Å². The minimum atomic E-state index is -0.580. The number of anilines is 1. The van der Waals surface area contributed by atoms with Gasteiger partial charge in [-0.25, -0.2) is 0 Å². The second-order valence-corrected chi connectivity index (χ2v) is 11.4. The van der Waals surface area contributed by atoms with Crippen LogP contribution in [0.3, 0.4) is 0 Å². The highest BCUT2D eigenvalue weighted by Crippen LogP contribution is 2.40. The van der Waals surface area contributed by atoms with E-state index in [1.807, 2.05) is 45.0 Å². The minimum Gasteiger partial charge on any atom is -0.465 e. The third kappa shape index (κ3) is 4.96. The highest BCUT2D eigenvalue weighted by molar-refractivity contribution is 14.1. The van der Waals surface area contributed by atoms with Gasteiger partial charge >= 0.3 is 5.97 Å². The van der Waals surface area contributed by atoms with E-state index in [1.54, 1.807) is 23.2 Å². The average molecular weight is 564 g/mol. The first kappa shape index (κ1) is 24.6. The number of nitrogens with one attached hydrogen (secondary N) is 2. The van der Waals surface area contributed by atoms with Crippen LogP contribution in [0.2, 0.25) is 0 Å². The van der Waals surface area contributed by atoms with Gasteiger partial charge in [0.05, 0.1) is 17.7 Å². The topological polar surface area (TPSA) is 89.6 Å². The Balaban J connectivity index is 2.08. The Morgan fingerprint density at radius 1 is 1.25 bits per heavy atom. The summed E-state index contributed by atoms with van der Waals surface area (Å²) in [5.74, 6) is 0.228. The predicted molar refractivity (Wildman–Crippen MR) is 141 cm³/mol. The van der Waals surface area contributed by atoms with E-state index in [9.17, 15) is 4.79 Å². The first-order chi connectivity index (χ1) is 14.9. The van der Waals surface area contributed by atoms with Crippen LogP contribution in [0, 0.1) is 33.7 Å². The van der Waals surface area contributed by atoms with E-state index < -0.39 is 11.5 Å². The molecule has 1 aromatic carbocycles. The number of fused-ring (bicyclic) bond motifs is 1. The molecule has 2 heterocycles. The summed E-state index contributed by atoms with van der Waals surface area (Å²) in [6, 6.07) is 7.65. The van der Waals surface area contributed by atoms with E-state index in [0.717, 1.165) is 35.9 Å². The van der Waals surface area contributed by atoms with E-state index >= 15 is 0 Å². The van der Waals surface area contributed by atoms with Crippen LogP contribution in [0.1, 0.15) is 55.7 Å². The summed E-state index contributed by atoms with van der Waals surface area (Å²) in [5, 5.41) is 18.2. The number of ether oxygens (including phenoxy) is 1. The lowest BCUT2D eigenvalue weighted by molar-refractivity contribution is -0.153. The highest BCUT2D eigenvalue weighted by Gasteiger charge is 2.34. The summed E-state index contributed by atoms with van der Waals surface area (Å²) in [6.07, 6.45) is 0.380. The van der Waals surface area contributed by atoms with E-state index in [2.05, 4.69) is 36.4 Å². The Morgan fingerprint density at radius 2 is 1.88 bits per heavy atom. The number of esters is 1. The Hall–Kier alpha value is -2.07. The molecule has 0 spiro atoms. The molecule has 1 aliphatic rings. The van der Waals surface area contributed by atoms with Crippen molar-refractivity contribution in [2.24, 2.45) is 10.4 Å². The molecule has 32 heavy (non-hydrogen) atoms. The van der Waals surface area contributed by atoms with Crippen molar-refractivity contribution < 1.29 is 9.53 Å². The SMILES string of the molecule is CC(=N)N1C(=N)[C@H](CCOC(=O)C(C)(C)C)N=C(c2ccc(I)cc2)c2c1sc(C)c2C. The average Bonchev–Trinajstić information content (AvgIpc) is 2.91. The van der Waals surface area contributed by atoms with Crippen molar-refractivity contribution in [1.29, 1.82) is 10.8 Å². The summed E-state index contributed by atoms with van der Waals surface area (Å²) in [4.78, 5) is 20.1. The number of carbonyl (C=O) groups excluding carboxylic acids is 1. The van der Waals surface area contributed by atoms with Gasteiger partial charge in [-0.15, -0.1) is 11.3 Å². The second-order valence-electron chi connectivity index (χ2n) is 8.94. The lowest BCUT2D eigenvalue weighted by atomic mass is 9.97. The number of nitrogens with zero attached hydrogens (tertiary/aromatic N) is 2. The van der Waals surface area contributed by atoms with E-state index in [1.165, 1.54) is 0 Å². The van der Waals surface area contributed by atoms with Gasteiger partial charge in [0.15, 0.2) is 0 Å². The zero-order valence-corrected chi connectivity index (χ0v) is 22.3. The van der Waals surface area contributed by atoms with Gasteiger partial charge in [-0.05, 0) is 81.8 Å². The van der Waals surface area contributed by atoms with Gasteiger partial charge < -0.3 is 4.74 Å². The van der Waals surface area contributed by atoms with Crippen LogP contribution >= 0.6 is 33.9 Å². The van der Waals surface area contributed by atoms with Gasteiger partial charge in [-0.3, -0.25) is 25.5 Å². The molecule has 170 valence electrons. The number of aliphatic imine (C=N–C) groups is 1. The first-order valence-corrected chi connectivity index (χ1v) is 12.4. The molecule has 0 amide bonds. The van der Waals surface area contributed by atoms with Gasteiger partial charge in [0.2, 0.25) is 0 Å². The minimum absolute atomic E-state index is 0.170. The lowest BCUT2D eigenvalue weighted by Crippen LogP contribution is -2.40. The Labute approximate surface area is 207 Å². The van der Waals surface area contributed by atoms with Crippen molar-refractivity contribution in [3.05, 3.63) is 49.4 Å². The Bertz CT molecular complexity index is 1100. The molecule has 1 aliphatic heterocycles. The van der Waals surface area contributed by atoms with Gasteiger partial charge in [0.1, 0.15) is 22.7 Å². The third-order valence-corrected chi connectivity index (χ3v) is 7.25. The molecular weight excluding hydrogens is 535 g/mol. The number of thiophene rings is 1. The molecule has 0 saturated heterocycles. The van der Waals surface area contributed by atoms with Crippen molar-refractivity contribution in [3.8, 4) is 0 Å². The van der Waals surface area contributed by atoms with Crippen molar-refractivity contribution in [3.63, 3.8) is 0 Å². The van der Waals surface area contributed by atoms with Crippen LogP contribution in [0.5, 0.6) is 0 Å². The second kappa shape index (κ2) is 9.43. The molecule has 0 aliphatic carbocycles. The van der Waals surface area contributed by atoms with E-state index in [4.69, 9.17) is 20.5 Å². The number of aryl methyl sites for hydroxylation is 1. The molecule has 8 heteroatoms. The quantitative estimate of drug-likeness (QED) is 0.208. The number of halogens is 1. The zero-order valence-electron chi connectivity index (χ0n) is 19.3. The number of benzene rings is 1. The molecule has 3 rings (SSSR count). The van der Waals surface area contributed by atoms with Crippen LogP contribution in [0.25, 0.3) is 0 Å². The maximum atomic E-state index is 12.2. The monoisotopic (exact) mass is 564 g/mol. The van der Waals surface area contributed by atoms with Crippen molar-refractivity contribution in [1.82, 2.24) is 0 Å². The first-order valence-electron chi connectivity index (χ1n) is 10.5. The molecule has 0 saturated carbocycles. The van der Waals surface area contributed by atoms with Crippen molar-refractivity contribution in [2.75, 3.05) is 11.5 Å². The van der Waals surface area contributed by atoms with Gasteiger partial charge in [0.25, 0.3) is 0 Å². The van der Waals surface area contributed by atoms with E-state index in [-0.39, 0.29) is 24.2 Å². The molecule has 2 N–H and O–H groups in total. The number of hydrogen-bond donors (Lipinski definition) is 2. The number of amidine groups is 2. The molecule has 6 nitrogen and oxygen atoms in total. The van der Waals surface area contributed by atoms with Gasteiger partial charge in [-0.2, -0.15) is 0 Å². The molecule has 0 unspecified atom stereocenters. The predicted octanol–water partition coefficient (Wildman–Crippen LogP) is 5.95. The van der Waals surface area contributed by atoms with Crippen LogP contribution in [0.15, 0.2) is 29.3 Å². The molecule has 1 aromatic heterocycles. The summed E-state index contributed by atoms with van der Waals surface area (Å²) in [5.41, 5.74) is 3.30. The smallest absolute Gasteiger partial charge is 0.311 e. The van der Waals surface area contributed by atoms with Gasteiger partial charge in [-0.1, -0.05) is 12.1 Å². The van der Waals surface area contributed by atoms with Crippen LogP contribution in [0.4, 0.5) is 5.00 Å². The molecule has 0 bridgehead atoms. The summed E-state index contributed by atoms with van der Waals surface area (Å²) >= 11 is 3.86. The Morgan fingerprint density at radius 3 is 2.44 bits per heavy atom. The molecule has 0 fully saturated rings. The van der Waals surface area contributed by atoms with Gasteiger partial charge in [0, 0.05) is 26.0 Å². The van der Waals surface area contributed by atoms with Crippen LogP contribution in [-0.4, -0.2) is 36.0 Å². The zero-order chi connectivity index (χ0) is 23.8. The highest BCUT2D eigenvalue weighted by atomic mass is 127. The number of carbonyl (C=O) groups is 1. The largest absolute Gasteiger partial charge is 0.465 e. The standard InChI is InChI=1S/C24H29IN4O2S/c1-13-14(2)32-22-19(13)20(16-7-9-17(25)10-8-16)28-18(21(27)29(22)15(3)26)11-12-31-23(30)24(4,5)6/h7-10,18,26-27H,11-12H2,1-6H3/t18-/m0/s1. The summed E-state index contributed by atoms with van der Waals surface area (Å²) in [6.45, 7) is 11.4. The van der Waals surface area contributed by atoms with Crippen LogP contribution in [-0.2, 0) is 9.53 Å². The third-order valence-electron chi connectivity index (χ3n) is 5.34. The number of rotatable bonds is 4. The van der Waals surface area contributed by atoms with Crippen LogP contribution < -0.4 is 4.90 Å². The normalized spacial score (nSPS) is 16.3. The molecule has 2 aromatic rings. The fraction of sp³-hybridized carbons (Fsp3) is 0.417. The fourth-order valence-electron chi connectivity index (χ4n) is 3.43. The van der Waals surface area contributed by atoms with E-state index in [0.29, 0.717) is 6.42 Å². The lowest BCUT2D eigenvalue weighted by Gasteiger charge is -2.25. The molecule has 1 atom stereocenters. The number of hydrogen-bond acceptors (Lipinski definition) is 6. The van der Waals surface area contributed by atoms with Crippen molar-refractivity contribution in [2.45, 2.75) is 54.0 Å². The molecular formula is C24H29IN4O2S. The maximum Gasteiger partial charge on any atom is 0.311 e. The summed E-state index contributed by atoms with van der Waals surface area (Å²) in [7, 11) is 0.